The zero-order valence-corrected chi connectivity index (χ0v) is 19.1. The lowest BCUT2D eigenvalue weighted by Gasteiger charge is -2.29. The van der Waals surface area contributed by atoms with Gasteiger partial charge in [0.25, 0.3) is 11.8 Å². The summed E-state index contributed by atoms with van der Waals surface area (Å²) in [7, 11) is 0. The zero-order valence-electron chi connectivity index (χ0n) is 19.1. The van der Waals surface area contributed by atoms with Crippen LogP contribution in [0.1, 0.15) is 32.1 Å². The van der Waals surface area contributed by atoms with Gasteiger partial charge in [0.1, 0.15) is 6.54 Å². The molecule has 9 nitrogen and oxygen atoms in total. The first-order valence-electron chi connectivity index (χ1n) is 11.0. The highest BCUT2D eigenvalue weighted by atomic mass is 16.2. The van der Waals surface area contributed by atoms with Gasteiger partial charge in [-0.25, -0.2) is 9.67 Å². The van der Waals surface area contributed by atoms with E-state index in [1.54, 1.807) is 59.3 Å². The normalized spacial score (nSPS) is 12.6. The van der Waals surface area contributed by atoms with Gasteiger partial charge in [-0.3, -0.25) is 19.3 Å². The number of nitrogens with one attached hydrogen (secondary N) is 2. The van der Waals surface area contributed by atoms with E-state index in [9.17, 15) is 14.4 Å². The molecular weight excluding hydrogens is 444 g/mol. The molecule has 2 aromatic heterocycles. The van der Waals surface area contributed by atoms with Crippen LogP contribution in [0, 0.1) is 13.8 Å². The minimum absolute atomic E-state index is 0.0606. The second-order valence-electron chi connectivity index (χ2n) is 8.23. The average Bonchev–Trinajstić information content (AvgIpc) is 3.21. The van der Waals surface area contributed by atoms with Crippen LogP contribution in [0.2, 0.25) is 0 Å². The number of anilines is 3. The number of rotatable bonds is 4. The van der Waals surface area contributed by atoms with E-state index in [-0.39, 0.29) is 24.3 Å². The minimum atomic E-state index is -0.321. The summed E-state index contributed by atoms with van der Waals surface area (Å²) >= 11 is 0. The van der Waals surface area contributed by atoms with E-state index in [0.29, 0.717) is 34.0 Å². The standard InChI is InChI=1S/C26H22N6O3/c1-16-13-17(2)32(30-16)23-12-9-19(14-27-23)25(34)28-20-10-7-18(8-11-20)26(35)31-15-24(33)29-21-5-3-4-6-22(21)31/h3-14H,15H2,1-2H3,(H,28,34)(H,29,33). The Bertz CT molecular complexity index is 1440. The molecule has 1 aliphatic rings. The molecule has 0 bridgehead atoms. The molecule has 5 rings (SSSR count). The summed E-state index contributed by atoms with van der Waals surface area (Å²) in [5, 5.41) is 9.98. The topological polar surface area (TPSA) is 109 Å². The van der Waals surface area contributed by atoms with E-state index < -0.39 is 0 Å². The van der Waals surface area contributed by atoms with Crippen molar-refractivity contribution in [3.63, 3.8) is 0 Å². The first kappa shape index (κ1) is 22.0. The summed E-state index contributed by atoms with van der Waals surface area (Å²) in [6, 6.07) is 19.1. The smallest absolute Gasteiger partial charge is 0.258 e. The number of nitrogens with zero attached hydrogens (tertiary/aromatic N) is 4. The van der Waals surface area contributed by atoms with E-state index in [0.717, 1.165) is 11.4 Å². The van der Waals surface area contributed by atoms with Crippen LogP contribution in [0.3, 0.4) is 0 Å². The summed E-state index contributed by atoms with van der Waals surface area (Å²) in [6.45, 7) is 3.79. The fraction of sp³-hybridized carbons (Fsp3) is 0.115. The highest BCUT2D eigenvalue weighted by Gasteiger charge is 2.27. The maximum absolute atomic E-state index is 13.1. The lowest BCUT2D eigenvalue weighted by atomic mass is 10.1. The first-order valence-corrected chi connectivity index (χ1v) is 11.0. The third kappa shape index (κ3) is 4.39. The molecule has 2 N–H and O–H groups in total. The first-order chi connectivity index (χ1) is 16.9. The second-order valence-corrected chi connectivity index (χ2v) is 8.23. The highest BCUT2D eigenvalue weighted by Crippen LogP contribution is 2.30. The van der Waals surface area contributed by atoms with Crippen LogP contribution >= 0.6 is 0 Å². The Morgan fingerprint density at radius 2 is 1.71 bits per heavy atom. The van der Waals surface area contributed by atoms with Gasteiger partial charge in [0.05, 0.1) is 22.6 Å². The fourth-order valence-electron chi connectivity index (χ4n) is 3.98. The van der Waals surface area contributed by atoms with Crippen LogP contribution in [0.25, 0.3) is 5.82 Å². The predicted octanol–water partition coefficient (Wildman–Crippen LogP) is 3.74. The van der Waals surface area contributed by atoms with Crippen molar-refractivity contribution in [2.24, 2.45) is 0 Å². The maximum atomic E-state index is 13.1. The predicted molar refractivity (Wildman–Crippen MR) is 132 cm³/mol. The van der Waals surface area contributed by atoms with Gasteiger partial charge in [0.15, 0.2) is 5.82 Å². The summed E-state index contributed by atoms with van der Waals surface area (Å²) in [5.74, 6) is -0.242. The largest absolute Gasteiger partial charge is 0.323 e. The molecule has 3 amide bonds. The number of amides is 3. The second kappa shape index (κ2) is 8.86. The molecule has 0 unspecified atom stereocenters. The van der Waals surface area contributed by atoms with Gasteiger partial charge < -0.3 is 10.6 Å². The molecule has 0 radical (unpaired) electrons. The SMILES string of the molecule is Cc1cc(C)n(-c2ccc(C(=O)Nc3ccc(C(=O)N4CC(=O)Nc5ccccc54)cc3)cn2)n1. The number of pyridine rings is 1. The Morgan fingerprint density at radius 1 is 0.971 bits per heavy atom. The van der Waals surface area contributed by atoms with Crippen molar-refractivity contribution in [3.05, 3.63) is 95.4 Å². The van der Waals surface area contributed by atoms with E-state index in [1.807, 2.05) is 26.0 Å². The van der Waals surface area contributed by atoms with Crippen LogP contribution in [-0.2, 0) is 4.79 Å². The van der Waals surface area contributed by atoms with Gasteiger partial charge in [0.2, 0.25) is 5.91 Å². The molecule has 0 saturated carbocycles. The molecule has 2 aromatic carbocycles. The number of hydrogen-bond donors (Lipinski definition) is 2. The summed E-state index contributed by atoms with van der Waals surface area (Å²) in [6.07, 6.45) is 1.50. The van der Waals surface area contributed by atoms with Crippen LogP contribution < -0.4 is 15.5 Å². The molecule has 1 aliphatic heterocycles. The third-order valence-corrected chi connectivity index (χ3v) is 5.64. The number of benzene rings is 2. The Labute approximate surface area is 201 Å². The van der Waals surface area contributed by atoms with Crippen LogP contribution in [0.15, 0.2) is 72.9 Å². The average molecular weight is 467 g/mol. The van der Waals surface area contributed by atoms with Gasteiger partial charge in [-0.15, -0.1) is 0 Å². The molecule has 3 heterocycles. The molecule has 0 fully saturated rings. The molecule has 0 saturated heterocycles. The van der Waals surface area contributed by atoms with Crippen LogP contribution in [0.5, 0.6) is 0 Å². The van der Waals surface area contributed by atoms with E-state index in [4.69, 9.17) is 0 Å². The molecular formula is C26H22N6O3. The Balaban J connectivity index is 1.28. The zero-order chi connectivity index (χ0) is 24.5. The van der Waals surface area contributed by atoms with Crippen LogP contribution in [0.4, 0.5) is 17.1 Å². The van der Waals surface area contributed by atoms with Gasteiger partial charge >= 0.3 is 0 Å². The van der Waals surface area contributed by atoms with Crippen molar-refractivity contribution >= 4 is 34.8 Å². The number of aryl methyl sites for hydroxylation is 2. The lowest BCUT2D eigenvalue weighted by Crippen LogP contribution is -2.42. The van der Waals surface area contributed by atoms with Gasteiger partial charge in [-0.05, 0) is 68.4 Å². The van der Waals surface area contributed by atoms with Gasteiger partial charge in [-0.2, -0.15) is 5.10 Å². The van der Waals surface area contributed by atoms with Crippen molar-refractivity contribution < 1.29 is 14.4 Å². The van der Waals surface area contributed by atoms with Crippen molar-refractivity contribution in [3.8, 4) is 5.82 Å². The Morgan fingerprint density at radius 3 is 2.40 bits per heavy atom. The van der Waals surface area contributed by atoms with Crippen molar-refractivity contribution in [2.75, 3.05) is 22.1 Å². The summed E-state index contributed by atoms with van der Waals surface area (Å²) < 4.78 is 1.72. The van der Waals surface area contributed by atoms with Crippen molar-refractivity contribution in [1.29, 1.82) is 0 Å². The molecule has 0 spiro atoms. The van der Waals surface area contributed by atoms with E-state index in [2.05, 4.69) is 20.7 Å². The monoisotopic (exact) mass is 466 g/mol. The number of fused-ring (bicyclic) bond motifs is 1. The number of carbonyl (C=O) groups is 3. The lowest BCUT2D eigenvalue weighted by molar-refractivity contribution is -0.115. The molecule has 174 valence electrons. The molecule has 4 aromatic rings. The summed E-state index contributed by atoms with van der Waals surface area (Å²) in [5.41, 5.74) is 4.42. The fourth-order valence-corrected chi connectivity index (χ4v) is 3.98. The number of aromatic nitrogens is 3. The highest BCUT2D eigenvalue weighted by molar-refractivity contribution is 6.15. The third-order valence-electron chi connectivity index (χ3n) is 5.64. The van der Waals surface area contributed by atoms with Crippen molar-refractivity contribution in [2.45, 2.75) is 13.8 Å². The van der Waals surface area contributed by atoms with E-state index >= 15 is 0 Å². The number of para-hydroxylation sites is 2. The van der Waals surface area contributed by atoms with Crippen LogP contribution in [-0.4, -0.2) is 39.0 Å². The Hall–Kier alpha value is -4.79. The number of carbonyl (C=O) groups excluding carboxylic acids is 3. The molecule has 0 atom stereocenters. The number of hydrogen-bond acceptors (Lipinski definition) is 5. The van der Waals surface area contributed by atoms with Gasteiger partial charge in [-0.1, -0.05) is 12.1 Å². The molecule has 9 heteroatoms. The minimum Gasteiger partial charge on any atom is -0.323 e. The van der Waals surface area contributed by atoms with E-state index in [1.165, 1.54) is 11.1 Å². The quantitative estimate of drug-likeness (QED) is 0.476. The Kier molecular flexibility index (Phi) is 5.58. The molecule has 35 heavy (non-hydrogen) atoms. The maximum Gasteiger partial charge on any atom is 0.258 e. The van der Waals surface area contributed by atoms with Crippen molar-refractivity contribution in [1.82, 2.24) is 14.8 Å². The summed E-state index contributed by atoms with van der Waals surface area (Å²) in [4.78, 5) is 43.6. The van der Waals surface area contributed by atoms with Gasteiger partial charge in [0, 0.05) is 23.1 Å². The molecule has 0 aliphatic carbocycles.